The van der Waals surface area contributed by atoms with Gasteiger partial charge in [-0.3, -0.25) is 0 Å². The van der Waals surface area contributed by atoms with E-state index < -0.39 is 11.5 Å². The second-order valence-electron chi connectivity index (χ2n) is 6.51. The van der Waals surface area contributed by atoms with Gasteiger partial charge < -0.3 is 10.2 Å². The fraction of sp³-hybridized carbons (Fsp3) is 0.765. The molecule has 22 heavy (non-hydrogen) atoms. The highest BCUT2D eigenvalue weighted by molar-refractivity contribution is 9.10. The van der Waals surface area contributed by atoms with Crippen LogP contribution in [0.5, 0.6) is 0 Å². The number of hydrogen-bond donors (Lipinski definition) is 2. The normalized spacial score (nSPS) is 20.8. The summed E-state index contributed by atoms with van der Waals surface area (Å²) in [5, 5.41) is 20.4. The van der Waals surface area contributed by atoms with E-state index in [0.717, 1.165) is 22.6 Å². The molecule has 1 aromatic heterocycles. The summed E-state index contributed by atoms with van der Waals surface area (Å²) in [5.74, 6) is 0.673. The molecule has 0 aromatic carbocycles. The summed E-state index contributed by atoms with van der Waals surface area (Å²) < 4.78 is 14.3. The van der Waals surface area contributed by atoms with Crippen molar-refractivity contribution in [2.24, 2.45) is 5.92 Å². The van der Waals surface area contributed by atoms with E-state index in [0.29, 0.717) is 23.2 Å². The standard InChI is InChI=1S/C17H26BrFO2S/c1-2-14(21)17(11-20,16-13(18)10-15(19)22-16)9-8-12-6-4-3-5-7-12/h10,12,14,20-21H,2-9,11H2,1H3. The zero-order valence-electron chi connectivity index (χ0n) is 13.2. The highest BCUT2D eigenvalue weighted by Crippen LogP contribution is 2.44. The molecule has 0 aliphatic heterocycles. The maximum Gasteiger partial charge on any atom is 0.177 e. The quantitative estimate of drug-likeness (QED) is 0.684. The third kappa shape index (κ3) is 3.92. The van der Waals surface area contributed by atoms with Crippen LogP contribution in [-0.2, 0) is 5.41 Å². The van der Waals surface area contributed by atoms with Gasteiger partial charge in [0.05, 0.1) is 18.1 Å². The molecular weight excluding hydrogens is 367 g/mol. The summed E-state index contributed by atoms with van der Waals surface area (Å²) >= 11 is 4.45. The average Bonchev–Trinajstić information content (AvgIpc) is 2.88. The minimum absolute atomic E-state index is 0.146. The lowest BCUT2D eigenvalue weighted by atomic mass is 9.73. The van der Waals surface area contributed by atoms with Gasteiger partial charge in [0, 0.05) is 9.35 Å². The minimum Gasteiger partial charge on any atom is -0.395 e. The van der Waals surface area contributed by atoms with Crippen molar-refractivity contribution in [2.45, 2.75) is 69.8 Å². The van der Waals surface area contributed by atoms with E-state index in [4.69, 9.17) is 0 Å². The maximum atomic E-state index is 13.6. The van der Waals surface area contributed by atoms with Crippen molar-refractivity contribution in [2.75, 3.05) is 6.61 Å². The van der Waals surface area contributed by atoms with E-state index in [1.165, 1.54) is 38.2 Å². The number of rotatable bonds is 7. The van der Waals surface area contributed by atoms with Gasteiger partial charge in [0.25, 0.3) is 0 Å². The molecule has 5 heteroatoms. The highest BCUT2D eigenvalue weighted by Gasteiger charge is 2.41. The van der Waals surface area contributed by atoms with Crippen molar-refractivity contribution in [3.8, 4) is 0 Å². The van der Waals surface area contributed by atoms with Gasteiger partial charge in [0.1, 0.15) is 0 Å². The molecule has 1 fully saturated rings. The summed E-state index contributed by atoms with van der Waals surface area (Å²) in [6, 6.07) is 1.44. The van der Waals surface area contributed by atoms with E-state index in [-0.39, 0.29) is 11.7 Å². The molecular formula is C17H26BrFO2S. The van der Waals surface area contributed by atoms with Gasteiger partial charge in [-0.05, 0) is 47.2 Å². The van der Waals surface area contributed by atoms with Crippen LogP contribution < -0.4 is 0 Å². The molecule has 1 aliphatic rings. The molecule has 2 rings (SSSR count). The van der Waals surface area contributed by atoms with Crippen LogP contribution in [0.2, 0.25) is 0 Å². The molecule has 1 saturated carbocycles. The topological polar surface area (TPSA) is 40.5 Å². The van der Waals surface area contributed by atoms with Gasteiger partial charge in [0.2, 0.25) is 0 Å². The van der Waals surface area contributed by atoms with Crippen LogP contribution in [-0.4, -0.2) is 22.9 Å². The zero-order chi connectivity index (χ0) is 16.2. The third-order valence-electron chi connectivity index (χ3n) is 5.14. The number of aliphatic hydroxyl groups is 2. The first-order valence-corrected chi connectivity index (χ1v) is 9.88. The van der Waals surface area contributed by atoms with Gasteiger partial charge in [0.15, 0.2) is 5.13 Å². The van der Waals surface area contributed by atoms with Crippen molar-refractivity contribution in [1.29, 1.82) is 0 Å². The van der Waals surface area contributed by atoms with Crippen LogP contribution in [0.3, 0.4) is 0 Å². The van der Waals surface area contributed by atoms with E-state index >= 15 is 0 Å². The van der Waals surface area contributed by atoms with E-state index in [1.807, 2.05) is 6.92 Å². The summed E-state index contributed by atoms with van der Waals surface area (Å²) in [6.07, 6.45) is 7.96. The van der Waals surface area contributed by atoms with Crippen LogP contribution >= 0.6 is 27.3 Å². The molecule has 126 valence electrons. The first-order chi connectivity index (χ1) is 10.5. The van der Waals surface area contributed by atoms with Crippen LogP contribution in [0, 0.1) is 11.0 Å². The molecule has 0 amide bonds. The lowest BCUT2D eigenvalue weighted by molar-refractivity contribution is 0.0263. The lowest BCUT2D eigenvalue weighted by Crippen LogP contribution is -2.43. The molecule has 2 N–H and O–H groups in total. The van der Waals surface area contributed by atoms with Crippen molar-refractivity contribution >= 4 is 27.3 Å². The SMILES string of the molecule is CCC(O)C(CO)(CCC1CCCCC1)c1sc(F)cc1Br. The second-order valence-corrected chi connectivity index (χ2v) is 8.37. The minimum atomic E-state index is -0.750. The molecule has 0 spiro atoms. The lowest BCUT2D eigenvalue weighted by Gasteiger charge is -2.37. The van der Waals surface area contributed by atoms with E-state index in [9.17, 15) is 14.6 Å². The Balaban J connectivity index is 2.22. The Morgan fingerprint density at radius 1 is 1.41 bits per heavy atom. The number of hydrogen-bond acceptors (Lipinski definition) is 3. The van der Waals surface area contributed by atoms with Crippen molar-refractivity contribution in [3.05, 3.63) is 20.5 Å². The predicted molar refractivity (Wildman–Crippen MR) is 92.8 cm³/mol. The number of aliphatic hydroxyl groups excluding tert-OH is 2. The monoisotopic (exact) mass is 392 g/mol. The van der Waals surface area contributed by atoms with Crippen molar-refractivity contribution in [3.63, 3.8) is 0 Å². The summed E-state index contributed by atoms with van der Waals surface area (Å²) in [4.78, 5) is 0.748. The molecule has 1 aliphatic carbocycles. The average molecular weight is 393 g/mol. The van der Waals surface area contributed by atoms with Gasteiger partial charge in [-0.1, -0.05) is 39.0 Å². The van der Waals surface area contributed by atoms with Crippen LogP contribution in [0.1, 0.15) is 63.2 Å². The van der Waals surface area contributed by atoms with Gasteiger partial charge in [-0.2, -0.15) is 4.39 Å². The molecule has 1 heterocycles. The Hall–Kier alpha value is 0.0300. The van der Waals surface area contributed by atoms with Crippen LogP contribution in [0.4, 0.5) is 4.39 Å². The van der Waals surface area contributed by atoms with Gasteiger partial charge in [-0.25, -0.2) is 0 Å². The van der Waals surface area contributed by atoms with Gasteiger partial charge in [-0.15, -0.1) is 11.3 Å². The molecule has 1 aromatic rings. The predicted octanol–water partition coefficient (Wildman–Crippen LogP) is 5.01. The second kappa shape index (κ2) is 8.22. The first kappa shape index (κ1) is 18.4. The van der Waals surface area contributed by atoms with Crippen LogP contribution in [0.25, 0.3) is 0 Å². The fourth-order valence-electron chi connectivity index (χ4n) is 3.70. The Morgan fingerprint density at radius 2 is 2.09 bits per heavy atom. The number of halogens is 2. The van der Waals surface area contributed by atoms with E-state index in [2.05, 4.69) is 15.9 Å². The molecule has 0 radical (unpaired) electrons. The summed E-state index contributed by atoms with van der Waals surface area (Å²) in [5.41, 5.74) is -0.750. The number of thiophene rings is 1. The van der Waals surface area contributed by atoms with Crippen molar-refractivity contribution < 1.29 is 14.6 Å². The van der Waals surface area contributed by atoms with E-state index in [1.54, 1.807) is 0 Å². The largest absolute Gasteiger partial charge is 0.395 e. The Kier molecular flexibility index (Phi) is 6.87. The third-order valence-corrected chi connectivity index (χ3v) is 7.17. The smallest absolute Gasteiger partial charge is 0.177 e. The fourth-order valence-corrected chi connectivity index (χ4v) is 5.72. The molecule has 0 bridgehead atoms. The zero-order valence-corrected chi connectivity index (χ0v) is 15.6. The maximum absolute atomic E-state index is 13.6. The van der Waals surface area contributed by atoms with Gasteiger partial charge >= 0.3 is 0 Å². The molecule has 2 nitrogen and oxygen atoms in total. The summed E-state index contributed by atoms with van der Waals surface area (Å²) in [6.45, 7) is 1.76. The first-order valence-electron chi connectivity index (χ1n) is 8.27. The van der Waals surface area contributed by atoms with Crippen LogP contribution in [0.15, 0.2) is 10.5 Å². The Bertz CT molecular complexity index is 473. The van der Waals surface area contributed by atoms with Crippen molar-refractivity contribution in [1.82, 2.24) is 0 Å². The highest BCUT2D eigenvalue weighted by atomic mass is 79.9. The Labute approximate surface area is 144 Å². The molecule has 2 atom stereocenters. The Morgan fingerprint density at radius 3 is 2.59 bits per heavy atom. The molecule has 0 saturated heterocycles. The summed E-state index contributed by atoms with van der Waals surface area (Å²) in [7, 11) is 0. The molecule has 2 unspecified atom stereocenters.